The van der Waals surface area contributed by atoms with Crippen LogP contribution in [0.1, 0.15) is 58.8 Å². The number of piperidine rings is 1. The highest BCUT2D eigenvalue weighted by atomic mass is 16.5. The number of hydrogen-bond acceptors (Lipinski definition) is 3. The monoisotopic (exact) mass is 308 g/mol. The van der Waals surface area contributed by atoms with Crippen molar-refractivity contribution in [2.24, 2.45) is 17.3 Å². The van der Waals surface area contributed by atoms with Gasteiger partial charge in [-0.05, 0) is 64.0 Å². The number of nitrogens with one attached hydrogen (secondary N) is 2. The summed E-state index contributed by atoms with van der Waals surface area (Å²) >= 11 is 0. The highest BCUT2D eigenvalue weighted by Crippen LogP contribution is 2.57. The third kappa shape index (κ3) is 3.05. The van der Waals surface area contributed by atoms with Crippen LogP contribution in [0.3, 0.4) is 0 Å². The Morgan fingerprint density at radius 2 is 2.23 bits per heavy atom. The maximum absolute atomic E-state index is 12.4. The molecule has 0 aromatic carbocycles. The molecule has 4 heteroatoms. The summed E-state index contributed by atoms with van der Waals surface area (Å²) in [5.41, 5.74) is 0.279. The first kappa shape index (κ1) is 16.3. The number of rotatable bonds is 6. The van der Waals surface area contributed by atoms with Crippen LogP contribution in [-0.4, -0.2) is 37.7 Å². The van der Waals surface area contributed by atoms with Crippen LogP contribution in [0.15, 0.2) is 0 Å². The summed E-state index contributed by atoms with van der Waals surface area (Å²) in [5.74, 6) is 1.40. The van der Waals surface area contributed by atoms with Crippen molar-refractivity contribution in [2.75, 3.05) is 19.7 Å². The van der Waals surface area contributed by atoms with E-state index in [1.807, 2.05) is 0 Å². The second-order valence-electron chi connectivity index (χ2n) is 7.67. The standard InChI is InChI=1S/C18H32N2O2/c1-3-22-16-11-15(18(16)7-5-8-18)20-17(21)10-13(2)14-6-4-9-19-12-14/h13-16,19H,3-12H2,1-2H3,(H,20,21). The van der Waals surface area contributed by atoms with Gasteiger partial charge in [-0.2, -0.15) is 0 Å². The van der Waals surface area contributed by atoms with Gasteiger partial charge in [0.05, 0.1) is 6.10 Å². The average Bonchev–Trinajstić information content (AvgIpc) is 2.45. The molecule has 3 aliphatic rings. The predicted octanol–water partition coefficient (Wildman–Crippen LogP) is 2.48. The zero-order valence-electron chi connectivity index (χ0n) is 14.2. The summed E-state index contributed by atoms with van der Waals surface area (Å²) in [7, 11) is 0. The number of amides is 1. The number of hydrogen-bond donors (Lipinski definition) is 2. The van der Waals surface area contributed by atoms with E-state index in [1.54, 1.807) is 0 Å². The Balaban J connectivity index is 1.46. The van der Waals surface area contributed by atoms with Gasteiger partial charge in [-0.25, -0.2) is 0 Å². The van der Waals surface area contributed by atoms with E-state index in [2.05, 4.69) is 24.5 Å². The Hall–Kier alpha value is -0.610. The molecule has 0 aromatic rings. The van der Waals surface area contributed by atoms with Crippen molar-refractivity contribution in [1.29, 1.82) is 0 Å². The first-order chi connectivity index (χ1) is 10.7. The SMILES string of the molecule is CCOC1CC(NC(=O)CC(C)C2CCCNC2)C12CCC2. The molecule has 126 valence electrons. The molecule has 2 aliphatic carbocycles. The summed E-state index contributed by atoms with van der Waals surface area (Å²) in [4.78, 5) is 12.4. The normalized spacial score (nSPS) is 34.5. The smallest absolute Gasteiger partial charge is 0.220 e. The Morgan fingerprint density at radius 1 is 1.41 bits per heavy atom. The molecule has 3 rings (SSSR count). The lowest BCUT2D eigenvalue weighted by Crippen LogP contribution is -2.67. The molecule has 2 N–H and O–H groups in total. The van der Waals surface area contributed by atoms with Crippen LogP contribution >= 0.6 is 0 Å². The maximum atomic E-state index is 12.4. The van der Waals surface area contributed by atoms with Gasteiger partial charge in [-0.3, -0.25) is 4.79 Å². The van der Waals surface area contributed by atoms with Gasteiger partial charge in [-0.1, -0.05) is 13.3 Å². The summed E-state index contributed by atoms with van der Waals surface area (Å²) in [6.07, 6.45) is 8.34. The molecular weight excluding hydrogens is 276 g/mol. The molecule has 3 fully saturated rings. The molecule has 1 spiro atoms. The fraction of sp³-hybridized carbons (Fsp3) is 0.944. The van der Waals surface area contributed by atoms with Gasteiger partial charge in [-0.15, -0.1) is 0 Å². The summed E-state index contributed by atoms with van der Waals surface area (Å²) in [6.45, 7) is 7.31. The number of ether oxygens (including phenoxy) is 1. The van der Waals surface area contributed by atoms with Crippen LogP contribution < -0.4 is 10.6 Å². The van der Waals surface area contributed by atoms with Crippen molar-refractivity contribution in [1.82, 2.24) is 10.6 Å². The second kappa shape index (κ2) is 6.88. The van der Waals surface area contributed by atoms with E-state index in [0.717, 1.165) is 26.1 Å². The fourth-order valence-electron chi connectivity index (χ4n) is 4.72. The molecular formula is C18H32N2O2. The maximum Gasteiger partial charge on any atom is 0.220 e. The van der Waals surface area contributed by atoms with E-state index in [4.69, 9.17) is 4.74 Å². The molecule has 1 aliphatic heterocycles. The van der Waals surface area contributed by atoms with Gasteiger partial charge in [0.1, 0.15) is 0 Å². The van der Waals surface area contributed by atoms with Gasteiger partial charge in [0, 0.05) is 24.5 Å². The zero-order valence-corrected chi connectivity index (χ0v) is 14.2. The molecule has 22 heavy (non-hydrogen) atoms. The van der Waals surface area contributed by atoms with E-state index in [0.29, 0.717) is 30.4 Å². The van der Waals surface area contributed by atoms with Crippen LogP contribution in [0.5, 0.6) is 0 Å². The molecule has 1 saturated heterocycles. The lowest BCUT2D eigenvalue weighted by Gasteiger charge is -2.61. The van der Waals surface area contributed by atoms with Crippen molar-refractivity contribution in [3.63, 3.8) is 0 Å². The zero-order chi connectivity index (χ0) is 15.6. The molecule has 4 atom stereocenters. The van der Waals surface area contributed by atoms with Crippen LogP contribution in [0.4, 0.5) is 0 Å². The predicted molar refractivity (Wildman–Crippen MR) is 87.6 cm³/mol. The van der Waals surface area contributed by atoms with Crippen molar-refractivity contribution in [3.05, 3.63) is 0 Å². The minimum absolute atomic E-state index is 0.254. The van der Waals surface area contributed by atoms with Crippen molar-refractivity contribution >= 4 is 5.91 Å². The molecule has 0 radical (unpaired) electrons. The number of carbonyl (C=O) groups is 1. The lowest BCUT2D eigenvalue weighted by molar-refractivity contribution is -0.176. The average molecular weight is 308 g/mol. The van der Waals surface area contributed by atoms with E-state index < -0.39 is 0 Å². The summed E-state index contributed by atoms with van der Waals surface area (Å²) < 4.78 is 5.86. The third-order valence-electron chi connectivity index (χ3n) is 6.42. The van der Waals surface area contributed by atoms with Crippen LogP contribution in [0.25, 0.3) is 0 Å². The van der Waals surface area contributed by atoms with Crippen molar-refractivity contribution in [2.45, 2.75) is 70.9 Å². The van der Waals surface area contributed by atoms with Crippen molar-refractivity contribution < 1.29 is 9.53 Å². The quantitative estimate of drug-likeness (QED) is 0.792. The third-order valence-corrected chi connectivity index (χ3v) is 6.42. The fourth-order valence-corrected chi connectivity index (χ4v) is 4.72. The summed E-state index contributed by atoms with van der Waals surface area (Å²) in [6, 6.07) is 0.363. The molecule has 4 nitrogen and oxygen atoms in total. The Labute approximate surface area is 134 Å². The lowest BCUT2D eigenvalue weighted by atomic mass is 9.51. The first-order valence-electron chi connectivity index (χ1n) is 9.27. The van der Waals surface area contributed by atoms with Crippen LogP contribution in [-0.2, 0) is 9.53 Å². The highest BCUT2D eigenvalue weighted by molar-refractivity contribution is 5.76. The van der Waals surface area contributed by atoms with Gasteiger partial charge < -0.3 is 15.4 Å². The summed E-state index contributed by atoms with van der Waals surface area (Å²) in [5, 5.41) is 6.78. The topological polar surface area (TPSA) is 50.4 Å². The first-order valence-corrected chi connectivity index (χ1v) is 9.27. The number of carbonyl (C=O) groups excluding carboxylic acids is 1. The van der Waals surface area contributed by atoms with Gasteiger partial charge in [0.2, 0.25) is 5.91 Å². The molecule has 0 bridgehead atoms. The molecule has 4 unspecified atom stereocenters. The molecule has 1 heterocycles. The Kier molecular flexibility index (Phi) is 5.08. The molecule has 2 saturated carbocycles. The Bertz CT molecular complexity index is 389. The van der Waals surface area contributed by atoms with E-state index in [-0.39, 0.29) is 11.3 Å². The van der Waals surface area contributed by atoms with E-state index >= 15 is 0 Å². The largest absolute Gasteiger partial charge is 0.378 e. The van der Waals surface area contributed by atoms with Gasteiger partial charge in [0.25, 0.3) is 0 Å². The van der Waals surface area contributed by atoms with Crippen LogP contribution in [0.2, 0.25) is 0 Å². The van der Waals surface area contributed by atoms with E-state index in [9.17, 15) is 4.79 Å². The van der Waals surface area contributed by atoms with Crippen molar-refractivity contribution in [3.8, 4) is 0 Å². The molecule has 0 aromatic heterocycles. The highest BCUT2D eigenvalue weighted by Gasteiger charge is 2.59. The second-order valence-corrected chi connectivity index (χ2v) is 7.67. The molecule has 1 amide bonds. The van der Waals surface area contributed by atoms with Crippen LogP contribution in [0, 0.1) is 17.3 Å². The minimum Gasteiger partial charge on any atom is -0.378 e. The van der Waals surface area contributed by atoms with Gasteiger partial charge >= 0.3 is 0 Å². The Morgan fingerprint density at radius 3 is 2.82 bits per heavy atom. The van der Waals surface area contributed by atoms with Gasteiger partial charge in [0.15, 0.2) is 0 Å². The van der Waals surface area contributed by atoms with E-state index in [1.165, 1.54) is 32.1 Å². The minimum atomic E-state index is 0.254.